The number of rotatable bonds is 2. The second kappa shape index (κ2) is 5.11. The maximum atomic E-state index is 10.7. The van der Waals surface area contributed by atoms with Crippen LogP contribution >= 0.6 is 15.9 Å². The summed E-state index contributed by atoms with van der Waals surface area (Å²) in [6.45, 7) is 4.57. The van der Waals surface area contributed by atoms with Crippen molar-refractivity contribution < 1.29 is 5.11 Å². The van der Waals surface area contributed by atoms with E-state index in [9.17, 15) is 5.11 Å². The van der Waals surface area contributed by atoms with Crippen LogP contribution in [0.15, 0.2) is 28.7 Å². The topological polar surface area (TPSA) is 20.2 Å². The van der Waals surface area contributed by atoms with Crippen molar-refractivity contribution in [3.05, 3.63) is 34.3 Å². The molecule has 0 spiro atoms. The monoisotopic (exact) mass is 296 g/mol. The molecular weight excluding hydrogens is 276 g/mol. The predicted octanol–water partition coefficient (Wildman–Crippen LogP) is 4.48. The van der Waals surface area contributed by atoms with Crippen LogP contribution in [0.4, 0.5) is 0 Å². The van der Waals surface area contributed by atoms with E-state index in [0.29, 0.717) is 0 Å². The van der Waals surface area contributed by atoms with Crippen molar-refractivity contribution in [1.29, 1.82) is 0 Å². The van der Waals surface area contributed by atoms with Crippen LogP contribution in [0.1, 0.15) is 45.1 Å². The van der Waals surface area contributed by atoms with Crippen LogP contribution in [-0.4, -0.2) is 5.11 Å². The molecule has 0 aromatic heterocycles. The van der Waals surface area contributed by atoms with Crippen molar-refractivity contribution >= 4 is 15.9 Å². The van der Waals surface area contributed by atoms with Crippen molar-refractivity contribution in [3.63, 3.8) is 0 Å². The van der Waals surface area contributed by atoms with Crippen LogP contribution in [-0.2, 0) is 5.60 Å². The van der Waals surface area contributed by atoms with Gasteiger partial charge in [0.25, 0.3) is 0 Å². The van der Waals surface area contributed by atoms with E-state index in [1.807, 2.05) is 18.2 Å². The standard InChI is InChI=1S/C15H21BrO/c1-11(2)12-6-8-15(17,9-7-12)13-4-3-5-14(16)10-13/h3-5,10-12,17H,6-9H2,1-2H3. The Morgan fingerprint density at radius 1 is 1.29 bits per heavy atom. The van der Waals surface area contributed by atoms with Crippen LogP contribution in [0.2, 0.25) is 0 Å². The average molecular weight is 297 g/mol. The molecule has 1 saturated carbocycles. The van der Waals surface area contributed by atoms with E-state index in [0.717, 1.165) is 47.6 Å². The van der Waals surface area contributed by atoms with E-state index < -0.39 is 5.60 Å². The maximum absolute atomic E-state index is 10.7. The molecule has 0 amide bonds. The number of hydrogen-bond acceptors (Lipinski definition) is 1. The van der Waals surface area contributed by atoms with Crippen LogP contribution < -0.4 is 0 Å². The molecule has 1 aromatic rings. The van der Waals surface area contributed by atoms with Crippen LogP contribution in [0, 0.1) is 11.8 Å². The Morgan fingerprint density at radius 2 is 1.94 bits per heavy atom. The van der Waals surface area contributed by atoms with Gasteiger partial charge < -0.3 is 5.11 Å². The summed E-state index contributed by atoms with van der Waals surface area (Å²) in [6.07, 6.45) is 4.07. The normalized spacial score (nSPS) is 29.6. The molecule has 17 heavy (non-hydrogen) atoms. The first-order valence-electron chi connectivity index (χ1n) is 6.50. The lowest BCUT2D eigenvalue weighted by Crippen LogP contribution is -2.32. The van der Waals surface area contributed by atoms with Crippen molar-refractivity contribution in [2.24, 2.45) is 11.8 Å². The molecule has 1 aliphatic carbocycles. The molecule has 0 unspecified atom stereocenters. The van der Waals surface area contributed by atoms with Gasteiger partial charge in [0.1, 0.15) is 0 Å². The average Bonchev–Trinajstić information content (AvgIpc) is 2.29. The van der Waals surface area contributed by atoms with E-state index >= 15 is 0 Å². The van der Waals surface area contributed by atoms with Crippen molar-refractivity contribution in [2.75, 3.05) is 0 Å². The minimum atomic E-state index is -0.602. The molecule has 1 fully saturated rings. The second-order valence-electron chi connectivity index (χ2n) is 5.62. The number of benzene rings is 1. The van der Waals surface area contributed by atoms with Crippen molar-refractivity contribution in [1.82, 2.24) is 0 Å². The molecule has 1 nitrogen and oxygen atoms in total. The Hall–Kier alpha value is -0.340. The Balaban J connectivity index is 2.12. The Labute approximate surface area is 112 Å². The highest BCUT2D eigenvalue weighted by molar-refractivity contribution is 9.10. The Kier molecular flexibility index (Phi) is 3.94. The summed E-state index contributed by atoms with van der Waals surface area (Å²) in [5, 5.41) is 10.7. The first-order chi connectivity index (χ1) is 8.01. The van der Waals surface area contributed by atoms with Crippen molar-refractivity contribution in [3.8, 4) is 0 Å². The van der Waals surface area contributed by atoms with Crippen LogP contribution in [0.3, 0.4) is 0 Å². The third-order valence-corrected chi connectivity index (χ3v) is 4.66. The second-order valence-corrected chi connectivity index (χ2v) is 6.54. The highest BCUT2D eigenvalue weighted by Crippen LogP contribution is 2.42. The lowest BCUT2D eigenvalue weighted by atomic mass is 9.72. The zero-order chi connectivity index (χ0) is 12.5. The largest absolute Gasteiger partial charge is 0.385 e. The molecule has 0 radical (unpaired) electrons. The molecule has 0 aliphatic heterocycles. The van der Waals surface area contributed by atoms with Gasteiger partial charge in [-0.05, 0) is 55.2 Å². The molecule has 0 bridgehead atoms. The number of hydrogen-bond donors (Lipinski definition) is 1. The first-order valence-corrected chi connectivity index (χ1v) is 7.29. The molecular formula is C15H21BrO. The fourth-order valence-corrected chi connectivity index (χ4v) is 3.25. The summed E-state index contributed by atoms with van der Waals surface area (Å²) < 4.78 is 1.05. The molecule has 94 valence electrons. The number of halogens is 1. The van der Waals surface area contributed by atoms with Gasteiger partial charge in [-0.2, -0.15) is 0 Å². The van der Waals surface area contributed by atoms with E-state index in [-0.39, 0.29) is 0 Å². The molecule has 0 atom stereocenters. The highest BCUT2D eigenvalue weighted by atomic mass is 79.9. The van der Waals surface area contributed by atoms with Gasteiger partial charge in [-0.1, -0.05) is 41.9 Å². The first kappa shape index (κ1) is 13.1. The van der Waals surface area contributed by atoms with E-state index in [4.69, 9.17) is 0 Å². The van der Waals surface area contributed by atoms with Gasteiger partial charge in [0.15, 0.2) is 0 Å². The van der Waals surface area contributed by atoms with Crippen molar-refractivity contribution in [2.45, 2.75) is 45.1 Å². The fraction of sp³-hybridized carbons (Fsp3) is 0.600. The van der Waals surface area contributed by atoms with Gasteiger partial charge in [-0.25, -0.2) is 0 Å². The molecule has 0 heterocycles. The summed E-state index contributed by atoms with van der Waals surface area (Å²) in [5.74, 6) is 1.52. The van der Waals surface area contributed by atoms with Gasteiger partial charge in [-0.15, -0.1) is 0 Å². The van der Waals surface area contributed by atoms with Gasteiger partial charge >= 0.3 is 0 Å². The maximum Gasteiger partial charge on any atom is 0.0897 e. The molecule has 1 N–H and O–H groups in total. The summed E-state index contributed by atoms with van der Waals surface area (Å²) >= 11 is 3.48. The highest BCUT2D eigenvalue weighted by Gasteiger charge is 2.35. The molecule has 1 aliphatic rings. The van der Waals surface area contributed by atoms with Gasteiger partial charge in [0, 0.05) is 4.47 Å². The fourth-order valence-electron chi connectivity index (χ4n) is 2.85. The van der Waals surface area contributed by atoms with Gasteiger partial charge in [-0.3, -0.25) is 0 Å². The quantitative estimate of drug-likeness (QED) is 0.853. The number of aliphatic hydroxyl groups is 1. The Morgan fingerprint density at radius 3 is 2.47 bits per heavy atom. The minimum Gasteiger partial charge on any atom is -0.385 e. The minimum absolute atomic E-state index is 0.602. The smallest absolute Gasteiger partial charge is 0.0897 e. The summed E-state index contributed by atoms with van der Waals surface area (Å²) in [6, 6.07) is 8.11. The van der Waals surface area contributed by atoms with E-state index in [1.165, 1.54) is 0 Å². The lowest BCUT2D eigenvalue weighted by Gasteiger charge is -2.38. The zero-order valence-corrected chi connectivity index (χ0v) is 12.2. The SMILES string of the molecule is CC(C)C1CCC(O)(c2cccc(Br)c2)CC1. The zero-order valence-electron chi connectivity index (χ0n) is 10.6. The van der Waals surface area contributed by atoms with E-state index in [1.54, 1.807) is 0 Å². The lowest BCUT2D eigenvalue weighted by molar-refractivity contribution is -0.0200. The van der Waals surface area contributed by atoms with E-state index in [2.05, 4.69) is 35.8 Å². The summed E-state index contributed by atoms with van der Waals surface area (Å²) in [7, 11) is 0. The third kappa shape index (κ3) is 2.92. The third-order valence-electron chi connectivity index (χ3n) is 4.16. The van der Waals surface area contributed by atoms with Crippen LogP contribution in [0.5, 0.6) is 0 Å². The summed E-state index contributed by atoms with van der Waals surface area (Å²) in [5.41, 5.74) is 0.462. The van der Waals surface area contributed by atoms with Gasteiger partial charge in [0.05, 0.1) is 5.60 Å². The molecule has 2 heteroatoms. The predicted molar refractivity (Wildman–Crippen MR) is 74.8 cm³/mol. The Bertz CT molecular complexity index is 378. The van der Waals surface area contributed by atoms with Crippen LogP contribution in [0.25, 0.3) is 0 Å². The van der Waals surface area contributed by atoms with Gasteiger partial charge in [0.2, 0.25) is 0 Å². The molecule has 1 aromatic carbocycles. The summed E-state index contributed by atoms with van der Waals surface area (Å²) in [4.78, 5) is 0. The molecule has 0 saturated heterocycles. The molecule has 2 rings (SSSR count).